The molecule has 0 amide bonds. The molecule has 0 bridgehead atoms. The van der Waals surface area contributed by atoms with Crippen molar-refractivity contribution in [2.45, 2.75) is 89.4 Å². The van der Waals surface area contributed by atoms with Gasteiger partial charge in [-0.25, -0.2) is 4.68 Å². The smallest absolute Gasteiger partial charge is 0.252 e. The Kier molecular flexibility index (Phi) is 5.72. The summed E-state index contributed by atoms with van der Waals surface area (Å²) in [4.78, 5) is 18.7. The first-order chi connectivity index (χ1) is 16.7. The lowest BCUT2D eigenvalue weighted by atomic mass is 10.0. The Morgan fingerprint density at radius 2 is 1.82 bits per heavy atom. The van der Waals surface area contributed by atoms with Gasteiger partial charge in [0.05, 0.1) is 17.6 Å². The van der Waals surface area contributed by atoms with Gasteiger partial charge in [0.15, 0.2) is 17.3 Å². The minimum absolute atomic E-state index is 0.0559. The van der Waals surface area contributed by atoms with Gasteiger partial charge in [0.25, 0.3) is 5.56 Å². The van der Waals surface area contributed by atoms with Crippen molar-refractivity contribution in [1.82, 2.24) is 30.1 Å². The highest BCUT2D eigenvalue weighted by Crippen LogP contribution is 2.38. The first kappa shape index (κ1) is 21.6. The average molecular weight is 465 g/mol. The predicted octanol–water partition coefficient (Wildman–Crippen LogP) is 4.25. The zero-order valence-corrected chi connectivity index (χ0v) is 19.7. The number of nitrogens with zero attached hydrogens (tertiary/aromatic N) is 5. The van der Waals surface area contributed by atoms with E-state index in [1.807, 2.05) is 18.2 Å². The summed E-state index contributed by atoms with van der Waals surface area (Å²) in [6.07, 6.45) is 10.4. The second-order valence-corrected chi connectivity index (χ2v) is 9.87. The second kappa shape index (κ2) is 9.02. The van der Waals surface area contributed by atoms with E-state index in [2.05, 4.69) is 37.0 Å². The molecule has 2 aromatic heterocycles. The zero-order chi connectivity index (χ0) is 23.1. The third-order valence-corrected chi connectivity index (χ3v) is 7.83. The van der Waals surface area contributed by atoms with Gasteiger partial charge >= 0.3 is 0 Å². The molecule has 1 atom stereocenters. The molecule has 2 saturated carbocycles. The van der Waals surface area contributed by atoms with Gasteiger partial charge in [0.1, 0.15) is 0 Å². The van der Waals surface area contributed by atoms with E-state index >= 15 is 0 Å². The maximum absolute atomic E-state index is 13.2. The molecule has 180 valence electrons. The quantitative estimate of drug-likeness (QED) is 0.558. The lowest BCUT2D eigenvalue weighted by Crippen LogP contribution is -2.39. The number of aromatic nitrogens is 5. The minimum Gasteiger partial charge on any atom is -0.454 e. The number of ether oxygens (including phenoxy) is 2. The fourth-order valence-corrected chi connectivity index (χ4v) is 6.08. The standard InChI is InChI=1S/C25H32N6O3/c1-2-21(24-27-28-29-31(24)19-9-5-6-10-19)30(18-7-3-4-8-18)14-17-11-16-12-22-23(34-15-33-22)13-20(16)26-25(17)32/h11-13,18-19,21H,2-10,14-15H2,1H3,(H,26,32)/t21-/m0/s1. The summed E-state index contributed by atoms with van der Waals surface area (Å²) in [6.45, 7) is 2.98. The fourth-order valence-electron chi connectivity index (χ4n) is 6.08. The highest BCUT2D eigenvalue weighted by Gasteiger charge is 2.34. The summed E-state index contributed by atoms with van der Waals surface area (Å²) >= 11 is 0. The van der Waals surface area contributed by atoms with E-state index in [-0.39, 0.29) is 18.4 Å². The Morgan fingerprint density at radius 1 is 1.09 bits per heavy atom. The average Bonchev–Trinajstić information content (AvgIpc) is 3.65. The third kappa shape index (κ3) is 3.85. The lowest BCUT2D eigenvalue weighted by molar-refractivity contribution is 0.110. The SMILES string of the molecule is CC[C@@H](c1nnnn1C1CCCC1)N(Cc1cc2cc3c(cc2[nH]c1=O)OCO3)C1CCCC1. The molecule has 1 aromatic carbocycles. The van der Waals surface area contributed by atoms with Crippen LogP contribution >= 0.6 is 0 Å². The number of benzene rings is 1. The highest BCUT2D eigenvalue weighted by molar-refractivity contribution is 5.83. The van der Waals surface area contributed by atoms with Crippen LogP contribution in [0.15, 0.2) is 23.0 Å². The van der Waals surface area contributed by atoms with E-state index in [0.717, 1.165) is 60.1 Å². The van der Waals surface area contributed by atoms with Crippen LogP contribution in [-0.2, 0) is 6.54 Å². The molecule has 9 heteroatoms. The van der Waals surface area contributed by atoms with Crippen LogP contribution in [0.25, 0.3) is 10.9 Å². The molecule has 2 fully saturated rings. The topological polar surface area (TPSA) is 98.2 Å². The van der Waals surface area contributed by atoms with Gasteiger partial charge in [-0.05, 0) is 54.7 Å². The van der Waals surface area contributed by atoms with Crippen molar-refractivity contribution in [2.75, 3.05) is 6.79 Å². The Hall–Kier alpha value is -2.94. The van der Waals surface area contributed by atoms with Crippen molar-refractivity contribution in [2.24, 2.45) is 0 Å². The molecular weight excluding hydrogens is 432 g/mol. The van der Waals surface area contributed by atoms with E-state index in [9.17, 15) is 4.79 Å². The Balaban J connectivity index is 1.37. The van der Waals surface area contributed by atoms with Crippen LogP contribution in [0.4, 0.5) is 0 Å². The highest BCUT2D eigenvalue weighted by atomic mass is 16.7. The van der Waals surface area contributed by atoms with Crippen molar-refractivity contribution in [3.63, 3.8) is 0 Å². The van der Waals surface area contributed by atoms with E-state index in [1.165, 1.54) is 25.7 Å². The second-order valence-electron chi connectivity index (χ2n) is 9.87. The van der Waals surface area contributed by atoms with E-state index in [1.54, 1.807) is 0 Å². The molecular formula is C25H32N6O3. The summed E-state index contributed by atoms with van der Waals surface area (Å²) in [5, 5.41) is 14.0. The van der Waals surface area contributed by atoms with Gasteiger partial charge < -0.3 is 14.5 Å². The first-order valence-corrected chi connectivity index (χ1v) is 12.7. The molecule has 2 aliphatic carbocycles. The van der Waals surface area contributed by atoms with Gasteiger partial charge in [0, 0.05) is 29.6 Å². The number of hydrogen-bond donors (Lipinski definition) is 1. The van der Waals surface area contributed by atoms with Crippen LogP contribution < -0.4 is 15.0 Å². The summed E-state index contributed by atoms with van der Waals surface area (Å²) in [5.74, 6) is 2.34. The van der Waals surface area contributed by atoms with Crippen LogP contribution in [0.5, 0.6) is 11.5 Å². The largest absolute Gasteiger partial charge is 0.454 e. The summed E-state index contributed by atoms with van der Waals surface area (Å²) in [7, 11) is 0. The number of rotatable bonds is 7. The van der Waals surface area contributed by atoms with Crippen LogP contribution in [0.1, 0.15) is 88.2 Å². The van der Waals surface area contributed by atoms with Gasteiger partial charge in [0.2, 0.25) is 6.79 Å². The van der Waals surface area contributed by atoms with E-state index < -0.39 is 0 Å². The lowest BCUT2D eigenvalue weighted by Gasteiger charge is -2.35. The molecule has 1 N–H and O–H groups in total. The molecule has 3 heterocycles. The molecule has 34 heavy (non-hydrogen) atoms. The molecule has 1 aliphatic heterocycles. The van der Waals surface area contributed by atoms with Gasteiger partial charge in [-0.1, -0.05) is 32.6 Å². The first-order valence-electron chi connectivity index (χ1n) is 12.7. The van der Waals surface area contributed by atoms with Crippen LogP contribution in [0, 0.1) is 0 Å². The Morgan fingerprint density at radius 3 is 2.59 bits per heavy atom. The number of hydrogen-bond acceptors (Lipinski definition) is 7. The molecule has 3 aliphatic rings. The molecule has 0 spiro atoms. The summed E-state index contributed by atoms with van der Waals surface area (Å²) in [6, 6.07) is 6.69. The van der Waals surface area contributed by atoms with Crippen LogP contribution in [-0.4, -0.2) is 42.9 Å². The number of pyridine rings is 1. The molecule has 3 aromatic rings. The third-order valence-electron chi connectivity index (χ3n) is 7.83. The maximum Gasteiger partial charge on any atom is 0.252 e. The van der Waals surface area contributed by atoms with Crippen molar-refractivity contribution in [3.05, 3.63) is 39.9 Å². The number of nitrogens with one attached hydrogen (secondary N) is 1. The molecule has 6 rings (SSSR count). The summed E-state index contributed by atoms with van der Waals surface area (Å²) < 4.78 is 13.1. The van der Waals surface area contributed by atoms with Crippen molar-refractivity contribution < 1.29 is 9.47 Å². The van der Waals surface area contributed by atoms with Crippen molar-refractivity contribution in [3.8, 4) is 11.5 Å². The normalized spacial score (nSPS) is 19.6. The van der Waals surface area contributed by atoms with Crippen molar-refractivity contribution in [1.29, 1.82) is 0 Å². The van der Waals surface area contributed by atoms with Gasteiger partial charge in [-0.15, -0.1) is 5.10 Å². The monoisotopic (exact) mass is 464 g/mol. The van der Waals surface area contributed by atoms with E-state index in [4.69, 9.17) is 9.47 Å². The number of tetrazole rings is 1. The predicted molar refractivity (Wildman–Crippen MR) is 127 cm³/mol. The van der Waals surface area contributed by atoms with E-state index in [0.29, 0.717) is 24.4 Å². The Bertz CT molecular complexity index is 1230. The zero-order valence-electron chi connectivity index (χ0n) is 19.7. The summed E-state index contributed by atoms with van der Waals surface area (Å²) in [5.41, 5.74) is 1.47. The minimum atomic E-state index is -0.0559. The maximum atomic E-state index is 13.2. The molecule has 0 saturated heterocycles. The number of H-pyrrole nitrogens is 1. The van der Waals surface area contributed by atoms with Crippen molar-refractivity contribution >= 4 is 10.9 Å². The molecule has 0 unspecified atom stereocenters. The molecule has 9 nitrogen and oxygen atoms in total. The molecule has 0 radical (unpaired) electrons. The van der Waals surface area contributed by atoms with Gasteiger partial charge in [-0.2, -0.15) is 0 Å². The van der Waals surface area contributed by atoms with Gasteiger partial charge in [-0.3, -0.25) is 9.69 Å². The number of aromatic amines is 1. The number of fused-ring (bicyclic) bond motifs is 2. The Labute approximate surface area is 198 Å². The van der Waals surface area contributed by atoms with Crippen LogP contribution in [0.3, 0.4) is 0 Å². The fraction of sp³-hybridized carbons (Fsp3) is 0.600. The van der Waals surface area contributed by atoms with Crippen LogP contribution in [0.2, 0.25) is 0 Å².